The van der Waals surface area contributed by atoms with Gasteiger partial charge in [-0.2, -0.15) is 0 Å². The van der Waals surface area contributed by atoms with E-state index >= 15 is 0 Å². The van der Waals surface area contributed by atoms with Crippen LogP contribution in [0.5, 0.6) is 5.75 Å². The van der Waals surface area contributed by atoms with Gasteiger partial charge in [-0.25, -0.2) is 0 Å². The van der Waals surface area contributed by atoms with E-state index in [2.05, 4.69) is 15.9 Å². The first-order valence-electron chi connectivity index (χ1n) is 9.27. The second-order valence-corrected chi connectivity index (χ2v) is 7.70. The maximum atomic E-state index is 13.0. The van der Waals surface area contributed by atoms with Crippen LogP contribution in [0.15, 0.2) is 88.9 Å². The third-order valence-electron chi connectivity index (χ3n) is 5.03. The van der Waals surface area contributed by atoms with Gasteiger partial charge in [-0.15, -0.1) is 0 Å². The van der Waals surface area contributed by atoms with Crippen molar-refractivity contribution in [3.8, 4) is 5.75 Å². The number of hydrogen-bond donors (Lipinski definition) is 1. The normalized spacial score (nSPS) is 17.9. The van der Waals surface area contributed by atoms with E-state index in [1.165, 1.54) is 4.90 Å². The highest BCUT2D eigenvalue weighted by Crippen LogP contribution is 2.42. The molecule has 30 heavy (non-hydrogen) atoms. The van der Waals surface area contributed by atoms with Crippen LogP contribution in [-0.2, 0) is 9.59 Å². The molecular weight excluding hydrogens is 446 g/mol. The van der Waals surface area contributed by atoms with E-state index in [-0.39, 0.29) is 11.3 Å². The van der Waals surface area contributed by atoms with Crippen molar-refractivity contribution in [3.63, 3.8) is 0 Å². The summed E-state index contributed by atoms with van der Waals surface area (Å²) in [5, 5.41) is 11.0. The first-order chi connectivity index (χ1) is 14.5. The maximum Gasteiger partial charge on any atom is 0.300 e. The minimum atomic E-state index is -0.758. The fourth-order valence-electron chi connectivity index (χ4n) is 3.55. The van der Waals surface area contributed by atoms with Gasteiger partial charge in [0, 0.05) is 15.7 Å². The summed E-state index contributed by atoms with van der Waals surface area (Å²) in [4.78, 5) is 27.5. The predicted molar refractivity (Wildman–Crippen MR) is 118 cm³/mol. The number of aliphatic hydroxyl groups excluding tert-OH is 1. The number of rotatable bonds is 4. The number of ether oxygens (including phenoxy) is 1. The molecule has 1 saturated heterocycles. The van der Waals surface area contributed by atoms with Crippen molar-refractivity contribution in [2.75, 3.05) is 12.0 Å². The van der Waals surface area contributed by atoms with Crippen LogP contribution in [0.2, 0.25) is 0 Å². The lowest BCUT2D eigenvalue weighted by atomic mass is 9.95. The van der Waals surface area contributed by atoms with Crippen molar-refractivity contribution < 1.29 is 19.4 Å². The van der Waals surface area contributed by atoms with Gasteiger partial charge in [0.15, 0.2) is 0 Å². The van der Waals surface area contributed by atoms with Gasteiger partial charge >= 0.3 is 0 Å². The number of aliphatic hydroxyl groups is 1. The monoisotopic (exact) mass is 463 g/mol. The number of amides is 1. The molecule has 0 saturated carbocycles. The molecule has 1 atom stereocenters. The summed E-state index contributed by atoms with van der Waals surface area (Å²) < 4.78 is 6.07. The lowest BCUT2D eigenvalue weighted by Gasteiger charge is -2.25. The maximum absolute atomic E-state index is 13.0. The number of hydrogen-bond acceptors (Lipinski definition) is 4. The number of nitrogens with zero attached hydrogens (tertiary/aromatic N) is 1. The van der Waals surface area contributed by atoms with Crippen molar-refractivity contribution in [2.45, 2.75) is 6.04 Å². The van der Waals surface area contributed by atoms with Crippen LogP contribution in [0.3, 0.4) is 0 Å². The first-order valence-corrected chi connectivity index (χ1v) is 10.1. The number of halogens is 1. The third kappa shape index (κ3) is 3.50. The standard InChI is InChI=1S/C24H18BrNO4/c1-30-19-13-11-18(12-14-19)26-21(15-7-9-17(25)10-8-15)20(23(28)24(26)29)22(27)16-5-3-2-4-6-16/h2-14,21,27H,1H3/t21-/m0/s1. The number of Topliss-reactive ketones (excluding diaryl/α,β-unsaturated/α-hetero) is 1. The van der Waals surface area contributed by atoms with Crippen molar-refractivity contribution in [1.29, 1.82) is 0 Å². The van der Waals surface area contributed by atoms with Crippen LogP contribution in [0, 0.1) is 0 Å². The summed E-state index contributed by atoms with van der Waals surface area (Å²) in [6.45, 7) is 0. The molecule has 0 radical (unpaired) electrons. The van der Waals surface area contributed by atoms with Crippen LogP contribution < -0.4 is 9.64 Å². The lowest BCUT2D eigenvalue weighted by molar-refractivity contribution is -0.132. The van der Waals surface area contributed by atoms with Gasteiger partial charge in [0.2, 0.25) is 0 Å². The Kier molecular flexibility index (Phi) is 5.42. The average molecular weight is 464 g/mol. The molecule has 1 aliphatic heterocycles. The number of benzene rings is 3. The Labute approximate surface area is 182 Å². The van der Waals surface area contributed by atoms with Crippen molar-refractivity contribution in [3.05, 3.63) is 100 Å². The van der Waals surface area contributed by atoms with Crippen LogP contribution in [0.25, 0.3) is 5.76 Å². The van der Waals surface area contributed by atoms with Gasteiger partial charge in [-0.1, -0.05) is 58.4 Å². The molecule has 0 aromatic heterocycles. The first kappa shape index (κ1) is 19.9. The van der Waals surface area contributed by atoms with E-state index in [9.17, 15) is 14.7 Å². The van der Waals surface area contributed by atoms with E-state index in [4.69, 9.17) is 4.74 Å². The highest BCUT2D eigenvalue weighted by Gasteiger charge is 2.46. The third-order valence-corrected chi connectivity index (χ3v) is 5.56. The highest BCUT2D eigenvalue weighted by atomic mass is 79.9. The molecule has 3 aromatic rings. The minimum absolute atomic E-state index is 0.0596. The Morgan fingerprint density at radius 3 is 2.17 bits per heavy atom. The molecule has 0 unspecified atom stereocenters. The van der Waals surface area contributed by atoms with E-state index in [0.29, 0.717) is 22.6 Å². The van der Waals surface area contributed by atoms with Gasteiger partial charge < -0.3 is 9.84 Å². The van der Waals surface area contributed by atoms with E-state index in [1.807, 2.05) is 30.3 Å². The van der Waals surface area contributed by atoms with E-state index in [0.717, 1.165) is 4.47 Å². The second-order valence-electron chi connectivity index (χ2n) is 6.78. The second kappa shape index (κ2) is 8.16. The zero-order valence-electron chi connectivity index (χ0n) is 16.1. The summed E-state index contributed by atoms with van der Waals surface area (Å²) >= 11 is 3.41. The lowest BCUT2D eigenvalue weighted by Crippen LogP contribution is -2.29. The largest absolute Gasteiger partial charge is 0.507 e. The summed E-state index contributed by atoms with van der Waals surface area (Å²) in [5.41, 5.74) is 1.79. The Bertz CT molecular complexity index is 1120. The molecule has 1 N–H and O–H groups in total. The molecule has 1 amide bonds. The molecule has 3 aromatic carbocycles. The van der Waals surface area contributed by atoms with Crippen LogP contribution in [-0.4, -0.2) is 23.9 Å². The topological polar surface area (TPSA) is 66.8 Å². The number of methoxy groups -OCH3 is 1. The van der Waals surface area contributed by atoms with Gasteiger partial charge in [0.05, 0.1) is 18.7 Å². The van der Waals surface area contributed by atoms with E-state index < -0.39 is 17.7 Å². The SMILES string of the molecule is COc1ccc(N2C(=O)C(=O)C(=C(O)c3ccccc3)[C@@H]2c2ccc(Br)cc2)cc1. The molecule has 150 valence electrons. The average Bonchev–Trinajstić information content (AvgIpc) is 3.05. The smallest absolute Gasteiger partial charge is 0.300 e. The Morgan fingerprint density at radius 1 is 0.933 bits per heavy atom. The highest BCUT2D eigenvalue weighted by molar-refractivity contribution is 9.10. The molecule has 1 aliphatic rings. The van der Waals surface area contributed by atoms with Crippen molar-refractivity contribution in [1.82, 2.24) is 0 Å². The van der Waals surface area contributed by atoms with E-state index in [1.54, 1.807) is 55.6 Å². The van der Waals surface area contributed by atoms with Crippen LogP contribution in [0.1, 0.15) is 17.2 Å². The summed E-state index contributed by atoms with van der Waals surface area (Å²) in [5.74, 6) is -0.969. The van der Waals surface area contributed by atoms with Gasteiger partial charge in [-0.3, -0.25) is 14.5 Å². The predicted octanol–water partition coefficient (Wildman–Crippen LogP) is 5.08. The van der Waals surface area contributed by atoms with Crippen LogP contribution >= 0.6 is 15.9 Å². The fraction of sp³-hybridized carbons (Fsp3) is 0.0833. The molecule has 5 nitrogen and oxygen atoms in total. The minimum Gasteiger partial charge on any atom is -0.507 e. The Hall–Kier alpha value is -3.38. The zero-order valence-corrected chi connectivity index (χ0v) is 17.7. The molecule has 0 spiro atoms. The number of ketones is 1. The summed E-state index contributed by atoms with van der Waals surface area (Å²) in [7, 11) is 1.56. The van der Waals surface area contributed by atoms with Crippen molar-refractivity contribution in [2.24, 2.45) is 0 Å². The fourth-order valence-corrected chi connectivity index (χ4v) is 3.82. The molecule has 0 bridgehead atoms. The van der Waals surface area contributed by atoms with Gasteiger partial charge in [0.1, 0.15) is 11.5 Å². The Balaban J connectivity index is 1.92. The molecule has 0 aliphatic carbocycles. The molecule has 4 rings (SSSR count). The molecule has 1 heterocycles. The number of anilines is 1. The number of carbonyl (C=O) groups excluding carboxylic acids is 2. The van der Waals surface area contributed by atoms with Crippen molar-refractivity contribution >= 4 is 39.1 Å². The Morgan fingerprint density at radius 2 is 1.57 bits per heavy atom. The van der Waals surface area contributed by atoms with Gasteiger partial charge in [-0.05, 0) is 42.0 Å². The molecule has 1 fully saturated rings. The zero-order chi connectivity index (χ0) is 21.3. The number of carbonyl (C=O) groups is 2. The summed E-state index contributed by atoms with van der Waals surface area (Å²) in [6, 6.07) is 22.2. The molecule has 6 heteroatoms. The van der Waals surface area contributed by atoms with Gasteiger partial charge in [0.25, 0.3) is 11.7 Å². The molecular formula is C24H18BrNO4. The summed E-state index contributed by atoms with van der Waals surface area (Å²) in [6.07, 6.45) is 0. The van der Waals surface area contributed by atoms with Crippen LogP contribution in [0.4, 0.5) is 5.69 Å². The quantitative estimate of drug-likeness (QED) is 0.332.